The van der Waals surface area contributed by atoms with Crippen molar-refractivity contribution in [3.63, 3.8) is 0 Å². The van der Waals surface area contributed by atoms with Gasteiger partial charge in [-0.2, -0.15) is 5.10 Å². The van der Waals surface area contributed by atoms with E-state index in [1.165, 1.54) is 11.3 Å². The molecule has 0 spiro atoms. The summed E-state index contributed by atoms with van der Waals surface area (Å²) in [5.41, 5.74) is 2.10. The molecule has 0 radical (unpaired) electrons. The lowest BCUT2D eigenvalue weighted by molar-refractivity contribution is 0.0957. The zero-order chi connectivity index (χ0) is 10.7. The van der Waals surface area contributed by atoms with Crippen molar-refractivity contribution in [1.82, 2.24) is 15.2 Å². The molecule has 0 saturated carbocycles. The number of carbonyl (C=O) groups excluding carboxylic acids is 1. The summed E-state index contributed by atoms with van der Waals surface area (Å²) >= 11 is 1.41. The number of hydrazine groups is 1. The molecular formula is C9H10N4OS. The summed E-state index contributed by atoms with van der Waals surface area (Å²) < 4.78 is 1.80. The Morgan fingerprint density at radius 2 is 2.47 bits per heavy atom. The average molecular weight is 222 g/mol. The van der Waals surface area contributed by atoms with Crippen LogP contribution in [0.2, 0.25) is 0 Å². The predicted molar refractivity (Wildman–Crippen MR) is 57.3 cm³/mol. The van der Waals surface area contributed by atoms with Crippen LogP contribution in [0, 0.1) is 0 Å². The molecule has 78 valence electrons. The SMILES string of the molecule is NNC(=O)c1ccc(Cn2cccn2)s1. The number of rotatable bonds is 3. The number of nitrogen functional groups attached to an aromatic ring is 1. The van der Waals surface area contributed by atoms with Gasteiger partial charge in [0.05, 0.1) is 11.4 Å². The van der Waals surface area contributed by atoms with Crippen LogP contribution in [0.1, 0.15) is 14.5 Å². The number of hydrogen-bond acceptors (Lipinski definition) is 4. The Kier molecular flexibility index (Phi) is 2.79. The second-order valence-electron chi connectivity index (χ2n) is 2.94. The van der Waals surface area contributed by atoms with Crippen LogP contribution in [-0.4, -0.2) is 15.7 Å². The fraction of sp³-hybridized carbons (Fsp3) is 0.111. The average Bonchev–Trinajstić information content (AvgIpc) is 2.88. The Labute approximate surface area is 90.5 Å². The predicted octanol–water partition coefficient (Wildman–Crippen LogP) is 0.596. The highest BCUT2D eigenvalue weighted by Crippen LogP contribution is 2.16. The minimum absolute atomic E-state index is 0.258. The first kappa shape index (κ1) is 9.88. The summed E-state index contributed by atoms with van der Waals surface area (Å²) in [6, 6.07) is 5.52. The molecule has 6 heteroatoms. The molecular weight excluding hydrogens is 212 g/mol. The number of nitrogens with two attached hydrogens (primary N) is 1. The van der Waals surface area contributed by atoms with E-state index in [2.05, 4.69) is 10.5 Å². The maximum Gasteiger partial charge on any atom is 0.275 e. The van der Waals surface area contributed by atoms with Crippen LogP contribution in [0.3, 0.4) is 0 Å². The molecule has 0 aliphatic heterocycles. The van der Waals surface area contributed by atoms with Crippen molar-refractivity contribution in [3.05, 3.63) is 40.3 Å². The molecule has 2 rings (SSSR count). The molecule has 2 aromatic rings. The third-order valence-electron chi connectivity index (χ3n) is 1.89. The molecule has 0 unspecified atom stereocenters. The number of aromatic nitrogens is 2. The highest BCUT2D eigenvalue weighted by molar-refractivity contribution is 7.14. The number of carbonyl (C=O) groups is 1. The number of amides is 1. The van der Waals surface area contributed by atoms with E-state index in [0.29, 0.717) is 11.4 Å². The van der Waals surface area contributed by atoms with Gasteiger partial charge in [0.2, 0.25) is 0 Å². The summed E-state index contributed by atoms with van der Waals surface area (Å²) in [5, 5.41) is 4.08. The van der Waals surface area contributed by atoms with E-state index < -0.39 is 0 Å². The first-order valence-electron chi connectivity index (χ1n) is 4.36. The van der Waals surface area contributed by atoms with Crippen molar-refractivity contribution < 1.29 is 4.79 Å². The van der Waals surface area contributed by atoms with Crippen molar-refractivity contribution in [2.45, 2.75) is 6.54 Å². The minimum atomic E-state index is -0.258. The smallest absolute Gasteiger partial charge is 0.275 e. The monoisotopic (exact) mass is 222 g/mol. The fourth-order valence-electron chi connectivity index (χ4n) is 1.21. The number of nitrogens with one attached hydrogen (secondary N) is 1. The van der Waals surface area contributed by atoms with Crippen LogP contribution >= 0.6 is 11.3 Å². The second-order valence-corrected chi connectivity index (χ2v) is 4.11. The second kappa shape index (κ2) is 4.24. The van der Waals surface area contributed by atoms with E-state index >= 15 is 0 Å². The first-order valence-corrected chi connectivity index (χ1v) is 5.18. The van der Waals surface area contributed by atoms with E-state index in [1.807, 2.05) is 18.3 Å². The Morgan fingerprint density at radius 1 is 1.60 bits per heavy atom. The molecule has 1 amide bonds. The standard InChI is InChI=1S/C9H10N4OS/c10-12-9(14)8-3-2-7(15-8)6-13-5-1-4-11-13/h1-5H,6,10H2,(H,12,14). The third-order valence-corrected chi connectivity index (χ3v) is 2.96. The molecule has 2 aromatic heterocycles. The largest absolute Gasteiger partial charge is 0.289 e. The first-order chi connectivity index (χ1) is 7.29. The zero-order valence-corrected chi connectivity index (χ0v) is 8.70. The van der Waals surface area contributed by atoms with Gasteiger partial charge in [-0.25, -0.2) is 5.84 Å². The summed E-state index contributed by atoms with van der Waals surface area (Å²) in [5.74, 6) is 4.78. The van der Waals surface area contributed by atoms with Crippen LogP contribution < -0.4 is 11.3 Å². The maximum atomic E-state index is 11.2. The van der Waals surface area contributed by atoms with Gasteiger partial charge >= 0.3 is 0 Å². The van der Waals surface area contributed by atoms with Gasteiger partial charge in [0.15, 0.2) is 0 Å². The van der Waals surface area contributed by atoms with Crippen LogP contribution in [0.25, 0.3) is 0 Å². The molecule has 2 heterocycles. The Hall–Kier alpha value is -1.66. The van der Waals surface area contributed by atoms with Gasteiger partial charge in [-0.05, 0) is 18.2 Å². The van der Waals surface area contributed by atoms with Crippen LogP contribution in [0.15, 0.2) is 30.6 Å². The van der Waals surface area contributed by atoms with Gasteiger partial charge in [0.1, 0.15) is 0 Å². The molecule has 15 heavy (non-hydrogen) atoms. The van der Waals surface area contributed by atoms with Crippen molar-refractivity contribution in [2.24, 2.45) is 5.84 Å². The summed E-state index contributed by atoms with van der Waals surface area (Å²) in [7, 11) is 0. The molecule has 0 saturated heterocycles. The Balaban J connectivity index is 2.11. The Bertz CT molecular complexity index is 448. The van der Waals surface area contributed by atoms with Crippen molar-refractivity contribution >= 4 is 17.2 Å². The zero-order valence-electron chi connectivity index (χ0n) is 7.88. The summed E-state index contributed by atoms with van der Waals surface area (Å²) in [6.45, 7) is 0.676. The minimum Gasteiger partial charge on any atom is -0.289 e. The Morgan fingerprint density at radius 3 is 3.13 bits per heavy atom. The quantitative estimate of drug-likeness (QED) is 0.453. The topological polar surface area (TPSA) is 72.9 Å². The van der Waals surface area contributed by atoms with E-state index in [4.69, 9.17) is 5.84 Å². The van der Waals surface area contributed by atoms with Crippen LogP contribution in [0.5, 0.6) is 0 Å². The van der Waals surface area contributed by atoms with Crippen molar-refractivity contribution in [3.8, 4) is 0 Å². The molecule has 0 aromatic carbocycles. The van der Waals surface area contributed by atoms with Gasteiger partial charge < -0.3 is 0 Å². The molecule has 0 bridgehead atoms. The molecule has 0 aliphatic rings. The number of hydrogen-bond donors (Lipinski definition) is 2. The van der Waals surface area contributed by atoms with Crippen molar-refractivity contribution in [1.29, 1.82) is 0 Å². The molecule has 5 nitrogen and oxygen atoms in total. The van der Waals surface area contributed by atoms with Gasteiger partial charge in [0.25, 0.3) is 5.91 Å². The van der Waals surface area contributed by atoms with Crippen molar-refractivity contribution in [2.75, 3.05) is 0 Å². The molecule has 0 fully saturated rings. The fourth-order valence-corrected chi connectivity index (χ4v) is 2.11. The highest BCUT2D eigenvalue weighted by Gasteiger charge is 2.07. The number of thiophene rings is 1. The normalized spacial score (nSPS) is 10.2. The van der Waals surface area contributed by atoms with Crippen LogP contribution in [-0.2, 0) is 6.54 Å². The lowest BCUT2D eigenvalue weighted by Gasteiger charge is -1.96. The van der Waals surface area contributed by atoms with E-state index in [0.717, 1.165) is 4.88 Å². The van der Waals surface area contributed by atoms with Gasteiger partial charge in [0, 0.05) is 17.3 Å². The highest BCUT2D eigenvalue weighted by atomic mass is 32.1. The van der Waals surface area contributed by atoms with Gasteiger partial charge in [-0.3, -0.25) is 14.9 Å². The van der Waals surface area contributed by atoms with E-state index in [9.17, 15) is 4.79 Å². The third kappa shape index (κ3) is 2.23. The van der Waals surface area contributed by atoms with E-state index in [1.54, 1.807) is 16.9 Å². The number of nitrogens with zero attached hydrogens (tertiary/aromatic N) is 2. The molecule has 0 aliphatic carbocycles. The molecule has 3 N–H and O–H groups in total. The summed E-state index contributed by atoms with van der Waals surface area (Å²) in [4.78, 5) is 12.9. The van der Waals surface area contributed by atoms with Gasteiger partial charge in [-0.15, -0.1) is 11.3 Å². The molecule has 0 atom stereocenters. The van der Waals surface area contributed by atoms with Gasteiger partial charge in [-0.1, -0.05) is 0 Å². The maximum absolute atomic E-state index is 11.2. The lowest BCUT2D eigenvalue weighted by atomic mass is 10.4. The summed E-state index contributed by atoms with van der Waals surface area (Å²) in [6.07, 6.45) is 3.60. The van der Waals surface area contributed by atoms with E-state index in [-0.39, 0.29) is 5.91 Å². The van der Waals surface area contributed by atoms with Crippen LogP contribution in [0.4, 0.5) is 0 Å². The lowest BCUT2D eigenvalue weighted by Crippen LogP contribution is -2.29.